The minimum Gasteiger partial charge on any atom is -0.493 e. The first-order chi connectivity index (χ1) is 13.7. The Labute approximate surface area is 165 Å². The monoisotopic (exact) mass is 375 g/mol. The molecule has 3 aromatic carbocycles. The lowest BCUT2D eigenvalue weighted by Crippen LogP contribution is -2.45. The van der Waals surface area contributed by atoms with Gasteiger partial charge in [0.2, 0.25) is 0 Å². The summed E-state index contributed by atoms with van der Waals surface area (Å²) in [5.74, 6) is 0.479. The van der Waals surface area contributed by atoms with Crippen molar-refractivity contribution in [2.45, 2.75) is 25.4 Å². The van der Waals surface area contributed by atoms with E-state index in [-0.39, 0.29) is 5.91 Å². The van der Waals surface area contributed by atoms with E-state index in [4.69, 9.17) is 9.47 Å². The molecule has 144 valence electrons. The zero-order valence-corrected chi connectivity index (χ0v) is 16.3. The Morgan fingerprint density at radius 3 is 2.36 bits per heavy atom. The highest BCUT2D eigenvalue weighted by Crippen LogP contribution is 2.33. The molecule has 0 saturated carbocycles. The number of hydrogen-bond acceptors (Lipinski definition) is 3. The van der Waals surface area contributed by atoms with Gasteiger partial charge in [0, 0.05) is 26.5 Å². The van der Waals surface area contributed by atoms with Gasteiger partial charge < -0.3 is 14.8 Å². The average Bonchev–Trinajstić information content (AvgIpc) is 3.11. The van der Waals surface area contributed by atoms with Gasteiger partial charge in [-0.25, -0.2) is 0 Å². The molecule has 3 aromatic rings. The average molecular weight is 375 g/mol. The van der Waals surface area contributed by atoms with Gasteiger partial charge in [-0.05, 0) is 34.9 Å². The van der Waals surface area contributed by atoms with Crippen molar-refractivity contribution in [1.29, 1.82) is 0 Å². The van der Waals surface area contributed by atoms with Gasteiger partial charge in [0.15, 0.2) is 0 Å². The van der Waals surface area contributed by atoms with Crippen LogP contribution in [0.3, 0.4) is 0 Å². The van der Waals surface area contributed by atoms with Crippen molar-refractivity contribution in [3.05, 3.63) is 77.4 Å². The first kappa shape index (κ1) is 18.5. The fourth-order valence-electron chi connectivity index (χ4n) is 4.09. The summed E-state index contributed by atoms with van der Waals surface area (Å²) in [7, 11) is 1.72. The molecule has 0 saturated heterocycles. The topological polar surface area (TPSA) is 47.6 Å². The van der Waals surface area contributed by atoms with Gasteiger partial charge in [-0.2, -0.15) is 0 Å². The van der Waals surface area contributed by atoms with Crippen LogP contribution in [0.5, 0.6) is 5.75 Å². The van der Waals surface area contributed by atoms with E-state index in [1.54, 1.807) is 7.11 Å². The molecule has 0 aromatic heterocycles. The molecule has 4 nitrogen and oxygen atoms in total. The minimum atomic E-state index is -0.407. The van der Waals surface area contributed by atoms with E-state index in [0.29, 0.717) is 24.5 Å². The summed E-state index contributed by atoms with van der Waals surface area (Å²) >= 11 is 0. The van der Waals surface area contributed by atoms with Crippen molar-refractivity contribution in [2.75, 3.05) is 20.3 Å². The highest BCUT2D eigenvalue weighted by atomic mass is 16.5. The molecule has 0 radical (unpaired) electrons. The Morgan fingerprint density at radius 1 is 1.00 bits per heavy atom. The molecule has 0 spiro atoms. The van der Waals surface area contributed by atoms with Crippen LogP contribution in [0.25, 0.3) is 10.8 Å². The lowest BCUT2D eigenvalue weighted by Gasteiger charge is -2.28. The summed E-state index contributed by atoms with van der Waals surface area (Å²) in [6.07, 6.45) is 1.60. The molecular formula is C24H25NO3. The molecule has 4 heteroatoms. The van der Waals surface area contributed by atoms with Crippen molar-refractivity contribution in [1.82, 2.24) is 5.32 Å². The van der Waals surface area contributed by atoms with Crippen LogP contribution in [0.1, 0.15) is 28.4 Å². The smallest absolute Gasteiger partial charge is 0.255 e. The largest absolute Gasteiger partial charge is 0.493 e. The fraction of sp³-hybridized carbons (Fsp3) is 0.292. The predicted octanol–water partition coefficient (Wildman–Crippen LogP) is 4.15. The number of carbonyl (C=O) groups is 1. The van der Waals surface area contributed by atoms with Gasteiger partial charge in [-0.15, -0.1) is 0 Å². The van der Waals surface area contributed by atoms with Crippen molar-refractivity contribution >= 4 is 16.7 Å². The van der Waals surface area contributed by atoms with Crippen molar-refractivity contribution in [3.8, 4) is 5.75 Å². The van der Waals surface area contributed by atoms with Gasteiger partial charge in [-0.3, -0.25) is 4.79 Å². The number of methoxy groups -OCH3 is 1. The maximum absolute atomic E-state index is 13.2. The maximum atomic E-state index is 13.2. The molecule has 1 N–H and O–H groups in total. The lowest BCUT2D eigenvalue weighted by molar-refractivity contribution is 0.000164. The lowest BCUT2D eigenvalue weighted by atomic mass is 9.99. The molecule has 1 aliphatic rings. The predicted molar refractivity (Wildman–Crippen MR) is 111 cm³/mol. The minimum absolute atomic E-state index is 0.132. The van der Waals surface area contributed by atoms with E-state index < -0.39 is 5.60 Å². The summed E-state index contributed by atoms with van der Waals surface area (Å²) in [6, 6.07) is 20.1. The zero-order valence-electron chi connectivity index (χ0n) is 16.3. The van der Waals surface area contributed by atoms with Crippen LogP contribution < -0.4 is 10.1 Å². The third-order valence-electron chi connectivity index (χ3n) is 5.57. The second-order valence-corrected chi connectivity index (χ2v) is 7.28. The molecule has 0 atom stereocenters. The molecule has 1 amide bonds. The van der Waals surface area contributed by atoms with E-state index >= 15 is 0 Å². The third-order valence-corrected chi connectivity index (χ3v) is 5.57. The first-order valence-electron chi connectivity index (χ1n) is 9.70. The van der Waals surface area contributed by atoms with Crippen LogP contribution in [0.2, 0.25) is 0 Å². The molecule has 0 aliphatic heterocycles. The van der Waals surface area contributed by atoms with E-state index in [9.17, 15) is 4.79 Å². The number of rotatable bonds is 6. The van der Waals surface area contributed by atoms with Gasteiger partial charge >= 0.3 is 0 Å². The number of ether oxygens (including phenoxy) is 2. The molecule has 0 bridgehead atoms. The Hall–Kier alpha value is -2.85. The van der Waals surface area contributed by atoms with Crippen LogP contribution >= 0.6 is 0 Å². The number of hydrogen-bond donors (Lipinski definition) is 1. The molecule has 4 rings (SSSR count). The van der Waals surface area contributed by atoms with Crippen LogP contribution in [-0.2, 0) is 17.6 Å². The summed E-state index contributed by atoms with van der Waals surface area (Å²) in [5.41, 5.74) is 2.76. The van der Waals surface area contributed by atoms with Crippen LogP contribution in [0.4, 0.5) is 0 Å². The van der Waals surface area contributed by atoms with Gasteiger partial charge in [-0.1, -0.05) is 54.6 Å². The van der Waals surface area contributed by atoms with E-state index in [1.165, 1.54) is 11.1 Å². The quantitative estimate of drug-likeness (QED) is 0.704. The second kappa shape index (κ2) is 7.64. The number of benzene rings is 3. The van der Waals surface area contributed by atoms with Crippen molar-refractivity contribution < 1.29 is 14.3 Å². The highest BCUT2D eigenvalue weighted by molar-refractivity contribution is 6.09. The van der Waals surface area contributed by atoms with E-state index in [0.717, 1.165) is 23.6 Å². The van der Waals surface area contributed by atoms with Crippen molar-refractivity contribution in [2.24, 2.45) is 0 Å². The van der Waals surface area contributed by atoms with Crippen LogP contribution in [0, 0.1) is 0 Å². The summed E-state index contributed by atoms with van der Waals surface area (Å²) in [6.45, 7) is 2.88. The Kier molecular flexibility index (Phi) is 5.05. The van der Waals surface area contributed by atoms with E-state index in [1.807, 2.05) is 55.5 Å². The van der Waals surface area contributed by atoms with E-state index in [2.05, 4.69) is 17.4 Å². The number of nitrogens with one attached hydrogen (secondary N) is 1. The van der Waals surface area contributed by atoms with Crippen LogP contribution in [-0.4, -0.2) is 31.8 Å². The number of fused-ring (bicyclic) bond motifs is 2. The Balaban J connectivity index is 1.60. The summed E-state index contributed by atoms with van der Waals surface area (Å²) in [4.78, 5) is 13.2. The number of carbonyl (C=O) groups excluding carboxylic acids is 1. The summed E-state index contributed by atoms with van der Waals surface area (Å²) in [5, 5.41) is 5.03. The molecule has 0 unspecified atom stereocenters. The normalized spacial score (nSPS) is 14.6. The third kappa shape index (κ3) is 3.36. The Bertz CT molecular complexity index is 987. The Morgan fingerprint density at radius 2 is 1.68 bits per heavy atom. The molecule has 1 aliphatic carbocycles. The van der Waals surface area contributed by atoms with Crippen molar-refractivity contribution in [3.63, 3.8) is 0 Å². The molecule has 0 fully saturated rings. The van der Waals surface area contributed by atoms with Gasteiger partial charge in [0.25, 0.3) is 5.91 Å². The molecule has 28 heavy (non-hydrogen) atoms. The van der Waals surface area contributed by atoms with Gasteiger partial charge in [0.05, 0.1) is 17.8 Å². The summed E-state index contributed by atoms with van der Waals surface area (Å²) < 4.78 is 11.6. The maximum Gasteiger partial charge on any atom is 0.255 e. The molecular weight excluding hydrogens is 350 g/mol. The SMILES string of the molecule is CCOc1ccc2ccccc2c1C(=O)NCC1(OC)Cc2ccccc2C1. The highest BCUT2D eigenvalue weighted by Gasteiger charge is 2.37. The fourth-order valence-corrected chi connectivity index (χ4v) is 4.09. The molecule has 0 heterocycles. The standard InChI is InChI=1S/C24H25NO3/c1-3-28-21-13-12-17-8-6-7-11-20(17)22(21)23(26)25-16-24(27-2)14-18-9-4-5-10-19(18)15-24/h4-13H,3,14-16H2,1-2H3,(H,25,26). The van der Waals surface area contributed by atoms with Crippen LogP contribution in [0.15, 0.2) is 60.7 Å². The second-order valence-electron chi connectivity index (χ2n) is 7.28. The first-order valence-corrected chi connectivity index (χ1v) is 9.70. The number of amides is 1. The zero-order chi connectivity index (χ0) is 19.6. The van der Waals surface area contributed by atoms with Gasteiger partial charge in [0.1, 0.15) is 5.75 Å².